The number of sulfonamides is 1. The summed E-state index contributed by atoms with van der Waals surface area (Å²) in [5.74, 6) is 0.782. The first-order valence-corrected chi connectivity index (χ1v) is 10.9. The second-order valence-electron chi connectivity index (χ2n) is 6.60. The quantitative estimate of drug-likeness (QED) is 0.692. The number of hydrogen-bond acceptors (Lipinski definition) is 5. The summed E-state index contributed by atoms with van der Waals surface area (Å²) in [5.41, 5.74) is 0.875. The second kappa shape index (κ2) is 9.02. The SMILES string of the molecule is COc1ccc(S(=O)(=O)N2CCN(C(=O)Cc3ccc(Cl)cc3)CC2)cc1OC. The average Bonchev–Trinajstić information content (AvgIpc) is 2.74. The van der Waals surface area contributed by atoms with E-state index in [2.05, 4.69) is 0 Å². The minimum atomic E-state index is -3.69. The van der Waals surface area contributed by atoms with Crippen molar-refractivity contribution in [2.45, 2.75) is 11.3 Å². The van der Waals surface area contributed by atoms with Gasteiger partial charge in [-0.3, -0.25) is 4.79 Å². The van der Waals surface area contributed by atoms with Crippen molar-refractivity contribution in [3.05, 3.63) is 53.1 Å². The first-order chi connectivity index (χ1) is 13.8. The molecule has 0 unspecified atom stereocenters. The summed E-state index contributed by atoms with van der Waals surface area (Å²) in [6.45, 7) is 1.17. The van der Waals surface area contributed by atoms with Gasteiger partial charge in [-0.15, -0.1) is 0 Å². The standard InChI is InChI=1S/C20H23ClN2O5S/c1-27-18-8-7-17(14-19(18)28-2)29(25,26)23-11-9-22(10-12-23)20(24)13-15-3-5-16(21)6-4-15/h3-8,14H,9-13H2,1-2H3. The van der Waals surface area contributed by atoms with E-state index in [-0.39, 0.29) is 30.3 Å². The Kier molecular flexibility index (Phi) is 6.66. The van der Waals surface area contributed by atoms with E-state index in [0.717, 1.165) is 5.56 Å². The van der Waals surface area contributed by atoms with Crippen molar-refractivity contribution >= 4 is 27.5 Å². The molecule has 0 radical (unpaired) electrons. The molecule has 0 N–H and O–H groups in total. The zero-order chi connectivity index (χ0) is 21.0. The highest BCUT2D eigenvalue weighted by Gasteiger charge is 2.30. The molecular formula is C20H23ClN2O5S. The van der Waals surface area contributed by atoms with Crippen molar-refractivity contribution < 1.29 is 22.7 Å². The van der Waals surface area contributed by atoms with Crippen LogP contribution in [0.15, 0.2) is 47.4 Å². The Morgan fingerprint density at radius 1 is 0.966 bits per heavy atom. The number of carbonyl (C=O) groups is 1. The zero-order valence-corrected chi connectivity index (χ0v) is 17.9. The van der Waals surface area contributed by atoms with Gasteiger partial charge < -0.3 is 14.4 Å². The molecule has 2 aromatic rings. The van der Waals surface area contributed by atoms with E-state index >= 15 is 0 Å². The lowest BCUT2D eigenvalue weighted by atomic mass is 10.1. The topological polar surface area (TPSA) is 76.2 Å². The Labute approximate surface area is 175 Å². The Bertz CT molecular complexity index is 971. The molecule has 0 bridgehead atoms. The smallest absolute Gasteiger partial charge is 0.243 e. The Morgan fingerprint density at radius 2 is 1.59 bits per heavy atom. The first kappa shape index (κ1) is 21.4. The molecule has 156 valence electrons. The van der Waals surface area contributed by atoms with Crippen LogP contribution in [0.2, 0.25) is 5.02 Å². The van der Waals surface area contributed by atoms with Crippen LogP contribution in [0.1, 0.15) is 5.56 Å². The number of halogens is 1. The largest absolute Gasteiger partial charge is 0.493 e. The number of ether oxygens (including phenoxy) is 2. The van der Waals surface area contributed by atoms with Crippen LogP contribution in [-0.2, 0) is 21.2 Å². The molecule has 1 aliphatic rings. The minimum Gasteiger partial charge on any atom is -0.493 e. The van der Waals surface area contributed by atoms with Gasteiger partial charge in [0.1, 0.15) is 0 Å². The monoisotopic (exact) mass is 438 g/mol. The van der Waals surface area contributed by atoms with Gasteiger partial charge >= 0.3 is 0 Å². The summed E-state index contributed by atoms with van der Waals surface area (Å²) < 4.78 is 37.7. The van der Waals surface area contributed by atoms with E-state index in [1.165, 1.54) is 30.7 Å². The molecule has 0 aliphatic carbocycles. The Balaban J connectivity index is 1.65. The van der Waals surface area contributed by atoms with Crippen molar-refractivity contribution in [2.24, 2.45) is 0 Å². The number of methoxy groups -OCH3 is 2. The highest BCUT2D eigenvalue weighted by atomic mass is 35.5. The molecule has 7 nitrogen and oxygen atoms in total. The van der Waals surface area contributed by atoms with E-state index in [1.807, 2.05) is 12.1 Å². The van der Waals surface area contributed by atoms with Gasteiger partial charge in [0.2, 0.25) is 15.9 Å². The fourth-order valence-electron chi connectivity index (χ4n) is 3.19. The summed E-state index contributed by atoms with van der Waals surface area (Å²) in [4.78, 5) is 14.4. The van der Waals surface area contributed by atoms with Gasteiger partial charge in [0.25, 0.3) is 0 Å². The summed E-state index contributed by atoms with van der Waals surface area (Å²) in [6.07, 6.45) is 0.263. The maximum atomic E-state index is 13.0. The van der Waals surface area contributed by atoms with Crippen LogP contribution in [0.5, 0.6) is 11.5 Å². The summed E-state index contributed by atoms with van der Waals surface area (Å²) in [7, 11) is -0.737. The summed E-state index contributed by atoms with van der Waals surface area (Å²) in [5, 5.41) is 0.621. The maximum Gasteiger partial charge on any atom is 0.243 e. The van der Waals surface area contributed by atoms with Gasteiger partial charge in [-0.2, -0.15) is 4.31 Å². The number of benzene rings is 2. The van der Waals surface area contributed by atoms with Crippen LogP contribution >= 0.6 is 11.6 Å². The summed E-state index contributed by atoms with van der Waals surface area (Å²) >= 11 is 5.87. The normalized spacial score (nSPS) is 15.2. The minimum absolute atomic E-state index is 0.0320. The van der Waals surface area contributed by atoms with Crippen LogP contribution in [0.25, 0.3) is 0 Å². The molecule has 3 rings (SSSR count). The summed E-state index contributed by atoms with van der Waals surface area (Å²) in [6, 6.07) is 11.6. The van der Waals surface area contributed by atoms with Gasteiger partial charge in [-0.05, 0) is 29.8 Å². The third-order valence-electron chi connectivity index (χ3n) is 4.85. The fraction of sp³-hybridized carbons (Fsp3) is 0.350. The van der Waals surface area contributed by atoms with Crippen LogP contribution in [0, 0.1) is 0 Å². The molecule has 1 aliphatic heterocycles. The van der Waals surface area contributed by atoms with Gasteiger partial charge in [-0.1, -0.05) is 23.7 Å². The van der Waals surface area contributed by atoms with Crippen molar-refractivity contribution in [3.8, 4) is 11.5 Å². The zero-order valence-electron chi connectivity index (χ0n) is 16.3. The highest BCUT2D eigenvalue weighted by Crippen LogP contribution is 2.30. The molecule has 0 saturated carbocycles. The molecule has 0 aromatic heterocycles. The lowest BCUT2D eigenvalue weighted by Gasteiger charge is -2.34. The molecular weight excluding hydrogens is 416 g/mol. The molecule has 1 fully saturated rings. The number of carbonyl (C=O) groups excluding carboxylic acids is 1. The first-order valence-electron chi connectivity index (χ1n) is 9.09. The fourth-order valence-corrected chi connectivity index (χ4v) is 4.76. The van der Waals surface area contributed by atoms with E-state index < -0.39 is 10.0 Å². The van der Waals surface area contributed by atoms with Gasteiger partial charge in [0, 0.05) is 37.3 Å². The van der Waals surface area contributed by atoms with E-state index in [1.54, 1.807) is 23.1 Å². The highest BCUT2D eigenvalue weighted by molar-refractivity contribution is 7.89. The van der Waals surface area contributed by atoms with Crippen LogP contribution < -0.4 is 9.47 Å². The number of nitrogens with zero attached hydrogens (tertiary/aromatic N) is 2. The van der Waals surface area contributed by atoms with Crippen LogP contribution in [-0.4, -0.2) is 63.9 Å². The van der Waals surface area contributed by atoms with Crippen molar-refractivity contribution in [1.29, 1.82) is 0 Å². The molecule has 1 saturated heterocycles. The maximum absolute atomic E-state index is 13.0. The Morgan fingerprint density at radius 3 is 2.17 bits per heavy atom. The molecule has 1 heterocycles. The number of rotatable bonds is 6. The van der Waals surface area contributed by atoms with Gasteiger partial charge in [0.15, 0.2) is 11.5 Å². The lowest BCUT2D eigenvalue weighted by molar-refractivity contribution is -0.131. The van der Waals surface area contributed by atoms with Crippen molar-refractivity contribution in [3.63, 3.8) is 0 Å². The van der Waals surface area contributed by atoms with Crippen LogP contribution in [0.4, 0.5) is 0 Å². The third-order valence-corrected chi connectivity index (χ3v) is 7.00. The molecule has 0 atom stereocenters. The Hall–Kier alpha value is -2.29. The van der Waals surface area contributed by atoms with Gasteiger partial charge in [-0.25, -0.2) is 8.42 Å². The predicted molar refractivity (Wildman–Crippen MR) is 110 cm³/mol. The number of hydrogen-bond donors (Lipinski definition) is 0. The second-order valence-corrected chi connectivity index (χ2v) is 8.98. The molecule has 2 aromatic carbocycles. The van der Waals surface area contributed by atoms with E-state index in [4.69, 9.17) is 21.1 Å². The van der Waals surface area contributed by atoms with E-state index in [9.17, 15) is 13.2 Å². The molecule has 29 heavy (non-hydrogen) atoms. The molecule has 9 heteroatoms. The number of amides is 1. The predicted octanol–water partition coefficient (Wildman–Crippen LogP) is 2.43. The van der Waals surface area contributed by atoms with Crippen LogP contribution in [0.3, 0.4) is 0 Å². The van der Waals surface area contributed by atoms with E-state index in [0.29, 0.717) is 29.6 Å². The van der Waals surface area contributed by atoms with Crippen molar-refractivity contribution in [1.82, 2.24) is 9.21 Å². The van der Waals surface area contributed by atoms with Gasteiger partial charge in [0.05, 0.1) is 25.5 Å². The molecule has 0 spiro atoms. The average molecular weight is 439 g/mol. The third kappa shape index (κ3) is 4.83. The van der Waals surface area contributed by atoms with Crippen molar-refractivity contribution in [2.75, 3.05) is 40.4 Å². The molecule has 1 amide bonds. The number of piperazine rings is 1. The lowest BCUT2D eigenvalue weighted by Crippen LogP contribution is -2.50.